The maximum atomic E-state index is 14.6. The number of aromatic nitrogens is 2. The third-order valence-electron chi connectivity index (χ3n) is 7.05. The Balaban J connectivity index is 1.56. The van der Waals surface area contributed by atoms with Crippen LogP contribution in [-0.4, -0.2) is 9.97 Å². The minimum absolute atomic E-state index is 0.201. The molecule has 5 aromatic carbocycles. The third kappa shape index (κ3) is 2.91. The third-order valence-corrected chi connectivity index (χ3v) is 7.05. The molecule has 0 bridgehead atoms. The normalized spacial score (nSPS) is 11.7. The zero-order chi connectivity index (χ0) is 23.5. The van der Waals surface area contributed by atoms with Gasteiger partial charge in [-0.2, -0.15) is 0 Å². The van der Waals surface area contributed by atoms with E-state index in [2.05, 4.69) is 65.6 Å². The maximum Gasteiger partial charge on any atom is 0.131 e. The van der Waals surface area contributed by atoms with Crippen LogP contribution in [0.2, 0.25) is 0 Å². The number of nitrogens with zero attached hydrogens (tertiary/aromatic N) is 1. The Bertz CT molecular complexity index is 1920. The molecule has 7 aromatic rings. The molecule has 0 aliphatic carbocycles. The number of fused-ring (bicyclic) bond motifs is 6. The number of nitrogens with one attached hydrogen (secondary N) is 1. The number of pyridine rings is 1. The van der Waals surface area contributed by atoms with Gasteiger partial charge in [-0.05, 0) is 34.9 Å². The zero-order valence-electron chi connectivity index (χ0n) is 19.1. The molecule has 0 saturated heterocycles. The summed E-state index contributed by atoms with van der Waals surface area (Å²) >= 11 is 0. The van der Waals surface area contributed by atoms with Crippen LogP contribution in [0.4, 0.5) is 4.39 Å². The van der Waals surface area contributed by atoms with Crippen LogP contribution < -0.4 is 0 Å². The van der Waals surface area contributed by atoms with Gasteiger partial charge in [-0.25, -0.2) is 4.39 Å². The molecule has 0 atom stereocenters. The van der Waals surface area contributed by atoms with E-state index in [4.69, 9.17) is 4.98 Å². The number of benzene rings is 5. The van der Waals surface area contributed by atoms with Crippen LogP contribution in [0.25, 0.3) is 65.7 Å². The first kappa shape index (κ1) is 19.9. The molecule has 0 aliphatic heterocycles. The van der Waals surface area contributed by atoms with E-state index in [9.17, 15) is 4.39 Å². The van der Waals surface area contributed by atoms with Gasteiger partial charge in [-0.1, -0.05) is 91.0 Å². The smallest absolute Gasteiger partial charge is 0.131 e. The summed E-state index contributed by atoms with van der Waals surface area (Å²) in [6, 6.07) is 32.4. The molecule has 2 nitrogen and oxygen atoms in total. The molecule has 7 rings (SSSR count). The van der Waals surface area contributed by atoms with Gasteiger partial charge in [0.05, 0.1) is 16.7 Å². The summed E-state index contributed by atoms with van der Waals surface area (Å²) in [7, 11) is 0. The van der Waals surface area contributed by atoms with Gasteiger partial charge in [0.2, 0.25) is 0 Å². The van der Waals surface area contributed by atoms with Gasteiger partial charge in [-0.15, -0.1) is 0 Å². The lowest BCUT2D eigenvalue weighted by molar-refractivity contribution is 0.640. The zero-order valence-corrected chi connectivity index (χ0v) is 19.1. The molecule has 2 aromatic heterocycles. The molecule has 3 heteroatoms. The molecule has 35 heavy (non-hydrogen) atoms. The minimum atomic E-state index is -0.201. The van der Waals surface area contributed by atoms with Crippen molar-refractivity contribution in [1.29, 1.82) is 0 Å². The van der Waals surface area contributed by atoms with E-state index in [1.54, 1.807) is 6.07 Å². The van der Waals surface area contributed by atoms with E-state index < -0.39 is 0 Å². The van der Waals surface area contributed by atoms with Gasteiger partial charge in [0, 0.05) is 38.9 Å². The average molecular weight is 453 g/mol. The monoisotopic (exact) mass is 452 g/mol. The Morgan fingerprint density at radius 3 is 2.06 bits per heavy atom. The molecule has 0 fully saturated rings. The minimum Gasteiger partial charge on any atom is -0.353 e. The van der Waals surface area contributed by atoms with Crippen LogP contribution in [0.15, 0.2) is 103 Å². The quantitative estimate of drug-likeness (QED) is 0.261. The highest BCUT2D eigenvalue weighted by Gasteiger charge is 2.17. The van der Waals surface area contributed by atoms with Gasteiger partial charge >= 0.3 is 0 Å². The molecule has 0 unspecified atom stereocenters. The van der Waals surface area contributed by atoms with Gasteiger partial charge in [0.25, 0.3) is 0 Å². The number of hydrogen-bond acceptors (Lipinski definition) is 1. The SMILES string of the molecule is Cc1cnc(-c2cccc3c2[nH]c2c(-c4ccccc4)cccc23)c2ccc3c(F)cccc3c12. The number of hydrogen-bond donors (Lipinski definition) is 1. The Morgan fingerprint density at radius 2 is 1.26 bits per heavy atom. The molecule has 0 saturated carbocycles. The summed E-state index contributed by atoms with van der Waals surface area (Å²) in [5.74, 6) is -0.201. The lowest BCUT2D eigenvalue weighted by atomic mass is 9.95. The highest BCUT2D eigenvalue weighted by Crippen LogP contribution is 2.40. The molecule has 0 amide bonds. The molecule has 1 N–H and O–H groups in total. The van der Waals surface area contributed by atoms with Gasteiger partial charge in [0.15, 0.2) is 0 Å². The first-order chi connectivity index (χ1) is 17.2. The molecular formula is C32H21FN2. The summed E-state index contributed by atoms with van der Waals surface area (Å²) in [5, 5.41) is 5.97. The van der Waals surface area contributed by atoms with Crippen molar-refractivity contribution < 1.29 is 4.39 Å². The Kier molecular flexibility index (Phi) is 4.27. The molecular weight excluding hydrogens is 431 g/mol. The van der Waals surface area contributed by atoms with Crippen molar-refractivity contribution in [1.82, 2.24) is 9.97 Å². The van der Waals surface area contributed by atoms with Crippen molar-refractivity contribution >= 4 is 43.4 Å². The number of rotatable bonds is 2. The second-order valence-electron chi connectivity index (χ2n) is 9.06. The summed E-state index contributed by atoms with van der Waals surface area (Å²) < 4.78 is 14.6. The highest BCUT2D eigenvalue weighted by atomic mass is 19.1. The Hall–Kier alpha value is -4.50. The van der Waals surface area contributed by atoms with Crippen LogP contribution in [0, 0.1) is 12.7 Å². The van der Waals surface area contributed by atoms with E-state index >= 15 is 0 Å². The largest absolute Gasteiger partial charge is 0.353 e. The van der Waals surface area contributed by atoms with Crippen molar-refractivity contribution in [2.24, 2.45) is 0 Å². The fourth-order valence-electron chi connectivity index (χ4n) is 5.46. The maximum absolute atomic E-state index is 14.6. The van der Waals surface area contributed by atoms with Crippen molar-refractivity contribution in [3.05, 3.63) is 115 Å². The predicted molar refractivity (Wildman–Crippen MR) is 144 cm³/mol. The summed E-state index contributed by atoms with van der Waals surface area (Å²) in [6.45, 7) is 2.04. The number of halogens is 1. The van der Waals surface area contributed by atoms with Crippen molar-refractivity contribution in [3.8, 4) is 22.4 Å². The lowest BCUT2D eigenvalue weighted by Gasteiger charge is -2.12. The highest BCUT2D eigenvalue weighted by molar-refractivity contribution is 6.18. The van der Waals surface area contributed by atoms with Crippen LogP contribution in [-0.2, 0) is 0 Å². The van der Waals surface area contributed by atoms with Crippen LogP contribution in [0.1, 0.15) is 5.56 Å². The van der Waals surface area contributed by atoms with E-state index in [1.807, 2.05) is 37.4 Å². The van der Waals surface area contributed by atoms with Crippen LogP contribution in [0.3, 0.4) is 0 Å². The first-order valence-corrected chi connectivity index (χ1v) is 11.8. The Labute approximate surface area is 201 Å². The Morgan fingerprint density at radius 1 is 0.600 bits per heavy atom. The standard InChI is InChI=1S/C32H21FN2/c1-19-18-34-30(26-17-16-22-23(29(19)26)11-7-15-28(22)33)27-14-6-13-25-24-12-5-10-21(31(24)35-32(25)27)20-8-3-2-4-9-20/h2-18,35H,1H3. The molecule has 2 heterocycles. The molecule has 0 aliphatic rings. The van der Waals surface area contributed by atoms with Crippen molar-refractivity contribution in [3.63, 3.8) is 0 Å². The van der Waals surface area contributed by atoms with Gasteiger partial charge in [-0.3, -0.25) is 4.98 Å². The fourth-order valence-corrected chi connectivity index (χ4v) is 5.46. The van der Waals surface area contributed by atoms with Crippen molar-refractivity contribution in [2.75, 3.05) is 0 Å². The van der Waals surface area contributed by atoms with E-state index in [1.165, 1.54) is 22.6 Å². The number of aryl methyl sites for hydroxylation is 1. The summed E-state index contributed by atoms with van der Waals surface area (Å²) in [6.07, 6.45) is 1.90. The molecule has 166 valence electrons. The summed E-state index contributed by atoms with van der Waals surface area (Å²) in [4.78, 5) is 8.63. The average Bonchev–Trinajstić information content (AvgIpc) is 3.29. The fraction of sp³-hybridized carbons (Fsp3) is 0.0312. The first-order valence-electron chi connectivity index (χ1n) is 11.8. The topological polar surface area (TPSA) is 28.7 Å². The number of para-hydroxylation sites is 2. The van der Waals surface area contributed by atoms with Crippen LogP contribution in [0.5, 0.6) is 0 Å². The van der Waals surface area contributed by atoms with Gasteiger partial charge < -0.3 is 4.98 Å². The van der Waals surface area contributed by atoms with E-state index in [0.29, 0.717) is 5.39 Å². The second-order valence-corrected chi connectivity index (χ2v) is 9.06. The predicted octanol–water partition coefficient (Wildman–Crippen LogP) is 8.80. The van der Waals surface area contributed by atoms with Crippen LogP contribution >= 0.6 is 0 Å². The van der Waals surface area contributed by atoms with E-state index in [0.717, 1.165) is 49.4 Å². The molecule has 0 spiro atoms. The number of aromatic amines is 1. The van der Waals surface area contributed by atoms with E-state index in [-0.39, 0.29) is 5.82 Å². The lowest BCUT2D eigenvalue weighted by Crippen LogP contribution is -1.92. The number of H-pyrrole nitrogens is 1. The summed E-state index contributed by atoms with van der Waals surface area (Å²) in [5.41, 5.74) is 7.50. The molecule has 0 radical (unpaired) electrons. The van der Waals surface area contributed by atoms with Gasteiger partial charge in [0.1, 0.15) is 5.82 Å². The van der Waals surface area contributed by atoms with Crippen molar-refractivity contribution in [2.45, 2.75) is 6.92 Å². The second kappa shape index (κ2) is 7.51.